The Morgan fingerprint density at radius 2 is 0.450 bits per heavy atom. The SMILES string of the molecule is CCc1ccccc1.CCc1ccccc1.CCc1ccccc1.CCc1ccccc1.Cc1ccccc1C. The molecule has 0 bridgehead atoms. The van der Waals surface area contributed by atoms with Gasteiger partial charge < -0.3 is 0 Å². The lowest BCUT2D eigenvalue weighted by Crippen LogP contribution is -1.74. The van der Waals surface area contributed by atoms with E-state index >= 15 is 0 Å². The van der Waals surface area contributed by atoms with Gasteiger partial charge in [-0.1, -0.05) is 173 Å². The van der Waals surface area contributed by atoms with Crippen LogP contribution < -0.4 is 0 Å². The van der Waals surface area contributed by atoms with Gasteiger partial charge in [0.15, 0.2) is 0 Å². The third kappa shape index (κ3) is 16.8. The third-order valence-electron chi connectivity index (χ3n) is 6.43. The average Bonchev–Trinajstić information content (AvgIpc) is 3.05. The van der Waals surface area contributed by atoms with Gasteiger partial charge in [-0.05, 0) is 72.9 Å². The minimum Gasteiger partial charge on any atom is -0.0622 e. The fourth-order valence-corrected chi connectivity index (χ4v) is 3.52. The molecular weight excluding hydrogens is 480 g/mol. The first-order chi connectivity index (χ1) is 19.5. The second-order valence-electron chi connectivity index (χ2n) is 9.44. The van der Waals surface area contributed by atoms with E-state index in [2.05, 4.69) is 163 Å². The molecule has 0 fully saturated rings. The van der Waals surface area contributed by atoms with Crippen LogP contribution in [0.25, 0.3) is 0 Å². The van der Waals surface area contributed by atoms with E-state index in [1.165, 1.54) is 33.4 Å². The van der Waals surface area contributed by atoms with Crippen LogP contribution in [-0.4, -0.2) is 0 Å². The topological polar surface area (TPSA) is 0 Å². The van der Waals surface area contributed by atoms with Crippen LogP contribution in [0.2, 0.25) is 0 Å². The summed E-state index contributed by atoms with van der Waals surface area (Å²) in [5.74, 6) is 0. The Kier molecular flexibility index (Phi) is 19.6. The monoisotopic (exact) mass is 530 g/mol. The van der Waals surface area contributed by atoms with E-state index in [4.69, 9.17) is 0 Å². The van der Waals surface area contributed by atoms with Crippen molar-refractivity contribution in [1.82, 2.24) is 0 Å². The summed E-state index contributed by atoms with van der Waals surface area (Å²) < 4.78 is 0. The van der Waals surface area contributed by atoms with Crippen LogP contribution >= 0.6 is 0 Å². The van der Waals surface area contributed by atoms with Gasteiger partial charge in [0.1, 0.15) is 0 Å². The van der Waals surface area contributed by atoms with Crippen molar-refractivity contribution in [2.75, 3.05) is 0 Å². The summed E-state index contributed by atoms with van der Waals surface area (Å²) in [5.41, 5.74) is 8.38. The highest BCUT2D eigenvalue weighted by molar-refractivity contribution is 5.23. The molecule has 40 heavy (non-hydrogen) atoms. The molecule has 0 amide bonds. The maximum atomic E-state index is 2.16. The standard InChI is InChI=1S/5C8H10/c1-7-5-3-4-6-8(7)2;4*1-2-8-6-4-3-5-7-8/h3-6H,1-2H3;4*3-7H,2H2,1H3. The highest BCUT2D eigenvalue weighted by Gasteiger charge is 1.84. The zero-order valence-electron chi connectivity index (χ0n) is 25.7. The van der Waals surface area contributed by atoms with E-state index in [-0.39, 0.29) is 0 Å². The summed E-state index contributed by atoms with van der Waals surface area (Å²) in [5, 5.41) is 0. The minimum absolute atomic E-state index is 1.14. The van der Waals surface area contributed by atoms with Gasteiger partial charge >= 0.3 is 0 Å². The molecule has 0 nitrogen and oxygen atoms in total. The molecule has 0 radical (unpaired) electrons. The van der Waals surface area contributed by atoms with E-state index < -0.39 is 0 Å². The molecule has 5 rings (SSSR count). The predicted molar refractivity (Wildman–Crippen MR) is 179 cm³/mol. The summed E-state index contributed by atoms with van der Waals surface area (Å²) in [7, 11) is 0. The highest BCUT2D eigenvalue weighted by Crippen LogP contribution is 2.03. The largest absolute Gasteiger partial charge is 0.0622 e. The van der Waals surface area contributed by atoms with Crippen molar-refractivity contribution in [2.24, 2.45) is 0 Å². The number of benzene rings is 5. The minimum atomic E-state index is 1.14. The molecule has 0 atom stereocenters. The van der Waals surface area contributed by atoms with E-state index in [1.807, 2.05) is 24.3 Å². The Bertz CT molecular complexity index is 1030. The van der Waals surface area contributed by atoms with Crippen molar-refractivity contribution in [3.05, 3.63) is 179 Å². The van der Waals surface area contributed by atoms with Gasteiger partial charge in [-0.3, -0.25) is 0 Å². The molecule has 210 valence electrons. The molecule has 0 heterocycles. The number of hydrogen-bond acceptors (Lipinski definition) is 0. The van der Waals surface area contributed by atoms with E-state index in [0.717, 1.165) is 25.7 Å². The molecule has 5 aromatic carbocycles. The van der Waals surface area contributed by atoms with Crippen molar-refractivity contribution in [1.29, 1.82) is 0 Å². The van der Waals surface area contributed by atoms with Gasteiger partial charge in [0.05, 0.1) is 0 Å². The molecule has 0 aliphatic rings. The van der Waals surface area contributed by atoms with Crippen molar-refractivity contribution in [3.8, 4) is 0 Å². The fraction of sp³-hybridized carbons (Fsp3) is 0.250. The van der Waals surface area contributed by atoms with E-state index in [1.54, 1.807) is 0 Å². The van der Waals surface area contributed by atoms with Crippen molar-refractivity contribution in [2.45, 2.75) is 67.2 Å². The predicted octanol–water partition coefficient (Wildman–Crippen LogP) is 11.3. The van der Waals surface area contributed by atoms with Crippen LogP contribution in [0, 0.1) is 13.8 Å². The fourth-order valence-electron chi connectivity index (χ4n) is 3.52. The molecule has 0 unspecified atom stereocenters. The third-order valence-corrected chi connectivity index (χ3v) is 6.43. The molecular formula is C40H50. The zero-order chi connectivity index (χ0) is 29.3. The van der Waals surface area contributed by atoms with Crippen LogP contribution in [-0.2, 0) is 25.7 Å². The summed E-state index contributed by atoms with van der Waals surface area (Å²) in [6.07, 6.45) is 4.56. The van der Waals surface area contributed by atoms with Crippen LogP contribution in [0.15, 0.2) is 146 Å². The Morgan fingerprint density at radius 3 is 0.575 bits per heavy atom. The lowest BCUT2D eigenvalue weighted by atomic mass is 10.1. The molecule has 0 heteroatoms. The highest BCUT2D eigenvalue weighted by atomic mass is 13.9. The van der Waals surface area contributed by atoms with Gasteiger partial charge in [0.2, 0.25) is 0 Å². The molecule has 0 aromatic heterocycles. The quantitative estimate of drug-likeness (QED) is 0.217. The van der Waals surface area contributed by atoms with Gasteiger partial charge in [0.25, 0.3) is 0 Å². The van der Waals surface area contributed by atoms with Crippen LogP contribution in [0.5, 0.6) is 0 Å². The Balaban J connectivity index is 0.000000250. The maximum absolute atomic E-state index is 2.16. The summed E-state index contributed by atoms with van der Waals surface area (Å²) in [6.45, 7) is 12.9. The number of aryl methyl sites for hydroxylation is 6. The lowest BCUT2D eigenvalue weighted by Gasteiger charge is -1.93. The van der Waals surface area contributed by atoms with Crippen molar-refractivity contribution >= 4 is 0 Å². The van der Waals surface area contributed by atoms with Crippen molar-refractivity contribution in [3.63, 3.8) is 0 Å². The zero-order valence-corrected chi connectivity index (χ0v) is 25.7. The summed E-state index contributed by atoms with van der Waals surface area (Å²) in [4.78, 5) is 0. The van der Waals surface area contributed by atoms with Crippen LogP contribution in [0.1, 0.15) is 61.1 Å². The van der Waals surface area contributed by atoms with E-state index in [9.17, 15) is 0 Å². The van der Waals surface area contributed by atoms with Gasteiger partial charge in [0, 0.05) is 0 Å². The summed E-state index contributed by atoms with van der Waals surface area (Å²) in [6, 6.07) is 50.2. The molecule has 0 aliphatic heterocycles. The number of rotatable bonds is 4. The second-order valence-corrected chi connectivity index (χ2v) is 9.44. The molecule has 5 aromatic rings. The molecule has 0 aliphatic carbocycles. The molecule has 0 saturated heterocycles. The first-order valence-corrected chi connectivity index (χ1v) is 14.7. The molecule has 0 spiro atoms. The van der Waals surface area contributed by atoms with Gasteiger partial charge in [-0.2, -0.15) is 0 Å². The Hall–Kier alpha value is -3.90. The molecule has 0 saturated carbocycles. The lowest BCUT2D eigenvalue weighted by molar-refractivity contribution is 1.14. The van der Waals surface area contributed by atoms with Gasteiger partial charge in [-0.15, -0.1) is 0 Å². The average molecular weight is 531 g/mol. The normalized spacial score (nSPS) is 9.15. The van der Waals surface area contributed by atoms with E-state index in [0.29, 0.717) is 0 Å². The summed E-state index contributed by atoms with van der Waals surface area (Å²) >= 11 is 0. The first-order valence-electron chi connectivity index (χ1n) is 14.7. The second kappa shape index (κ2) is 23.0. The van der Waals surface area contributed by atoms with Crippen LogP contribution in [0.3, 0.4) is 0 Å². The smallest absolute Gasteiger partial charge is 0.0307 e. The molecule has 0 N–H and O–H groups in total. The van der Waals surface area contributed by atoms with Crippen molar-refractivity contribution < 1.29 is 0 Å². The van der Waals surface area contributed by atoms with Gasteiger partial charge in [-0.25, -0.2) is 0 Å². The van der Waals surface area contributed by atoms with Crippen LogP contribution in [0.4, 0.5) is 0 Å². The number of hydrogen-bond donors (Lipinski definition) is 0. The Morgan fingerprint density at radius 1 is 0.275 bits per heavy atom. The maximum Gasteiger partial charge on any atom is -0.0307 e. The Labute approximate surface area is 245 Å². The first kappa shape index (κ1) is 34.1.